The van der Waals surface area contributed by atoms with Crippen LogP contribution in [0.1, 0.15) is 35.2 Å². The lowest BCUT2D eigenvalue weighted by atomic mass is 10.0. The van der Waals surface area contributed by atoms with E-state index in [1.807, 2.05) is 6.07 Å². The zero-order chi connectivity index (χ0) is 28.6. The molecular weight excluding hydrogens is 542 g/mol. The van der Waals surface area contributed by atoms with Crippen LogP contribution in [0.3, 0.4) is 0 Å². The number of benzene rings is 2. The summed E-state index contributed by atoms with van der Waals surface area (Å²) in [7, 11) is 0. The van der Waals surface area contributed by atoms with Gasteiger partial charge in [0.2, 0.25) is 11.8 Å². The summed E-state index contributed by atoms with van der Waals surface area (Å²) in [5.74, 6) is -1.46. The molecule has 0 bridgehead atoms. The molecule has 0 unspecified atom stereocenters. The van der Waals surface area contributed by atoms with Crippen molar-refractivity contribution in [2.24, 2.45) is 0 Å². The van der Waals surface area contributed by atoms with E-state index < -0.39 is 29.8 Å². The molecule has 0 saturated carbocycles. The number of Topliss-reactive ketones (excluding diaryl/α,β-unsaturated/α-hetero) is 1. The number of carbonyl (C=O) groups is 3. The molecule has 9 nitrogen and oxygen atoms in total. The second-order valence-corrected chi connectivity index (χ2v) is 10.0. The van der Waals surface area contributed by atoms with E-state index in [1.54, 1.807) is 37.5 Å². The van der Waals surface area contributed by atoms with Crippen molar-refractivity contribution in [3.05, 3.63) is 76.7 Å². The summed E-state index contributed by atoms with van der Waals surface area (Å²) in [4.78, 5) is 48.2. The van der Waals surface area contributed by atoms with Crippen LogP contribution in [0.25, 0.3) is 22.0 Å². The average Bonchev–Trinajstić information content (AvgIpc) is 3.50. The van der Waals surface area contributed by atoms with E-state index in [1.165, 1.54) is 23.7 Å². The number of aryl methyl sites for hydroxylation is 1. The van der Waals surface area contributed by atoms with Gasteiger partial charge < -0.3 is 10.2 Å². The molecule has 1 fully saturated rings. The summed E-state index contributed by atoms with van der Waals surface area (Å²) >= 11 is 5.80. The number of halogens is 3. The molecule has 1 aliphatic rings. The molecule has 5 rings (SSSR count). The lowest BCUT2D eigenvalue weighted by molar-refractivity contribution is -0.139. The Hall–Kier alpha value is -4.25. The Morgan fingerprint density at radius 2 is 1.88 bits per heavy atom. The lowest BCUT2D eigenvalue weighted by Crippen LogP contribution is -2.46. The van der Waals surface area contributed by atoms with Gasteiger partial charge in [0.1, 0.15) is 36.1 Å². The summed E-state index contributed by atoms with van der Waals surface area (Å²) < 4.78 is 30.0. The Balaban J connectivity index is 1.36. The summed E-state index contributed by atoms with van der Waals surface area (Å²) in [5.41, 5.74) is 2.41. The number of aromatic nitrogens is 4. The third-order valence-corrected chi connectivity index (χ3v) is 7.13. The van der Waals surface area contributed by atoms with E-state index in [-0.39, 0.29) is 48.1 Å². The minimum atomic E-state index is -1.40. The molecule has 1 saturated heterocycles. The number of nitrogens with zero attached hydrogens (tertiary/aromatic N) is 5. The van der Waals surface area contributed by atoms with Gasteiger partial charge in [-0.25, -0.2) is 18.7 Å². The molecular formula is C28H25ClF2N6O3. The summed E-state index contributed by atoms with van der Waals surface area (Å²) in [6.45, 7) is 2.42. The molecule has 1 N–H and O–H groups in total. The van der Waals surface area contributed by atoms with Gasteiger partial charge in [-0.15, -0.1) is 0 Å². The second kappa shape index (κ2) is 11.1. The average molecular weight is 567 g/mol. The van der Waals surface area contributed by atoms with Crippen LogP contribution in [0, 0.1) is 12.7 Å². The standard InChI is InChI=1S/C28H25ClF2N6O3/c1-15(38)27-21-8-17(19-11-32-16(2)33-12-19)6-7-23(21)37(35-27)14-25(39)36-13-20(30)9-24(36)28(40)34-10-18-4-3-5-22(29)26(18)31/h3-8,11-12,20,24H,9-10,13-14H2,1-2H3,(H,34,40)/t20-,24+/m1/s1. The molecule has 2 aromatic carbocycles. The first kappa shape index (κ1) is 27.3. The van der Waals surface area contributed by atoms with Crippen molar-refractivity contribution in [3.63, 3.8) is 0 Å². The number of fused-ring (bicyclic) bond motifs is 1. The van der Waals surface area contributed by atoms with Gasteiger partial charge in [0.05, 0.1) is 17.1 Å². The number of carbonyl (C=O) groups excluding carboxylic acids is 3. The fraction of sp³-hybridized carbons (Fsp3) is 0.286. The topological polar surface area (TPSA) is 110 Å². The fourth-order valence-electron chi connectivity index (χ4n) is 4.79. The highest BCUT2D eigenvalue weighted by Crippen LogP contribution is 2.28. The number of amides is 2. The number of hydrogen-bond acceptors (Lipinski definition) is 6. The first-order chi connectivity index (χ1) is 19.1. The molecule has 0 radical (unpaired) electrons. The van der Waals surface area contributed by atoms with Crippen LogP contribution in [-0.4, -0.2) is 61.0 Å². The number of likely N-dealkylation sites (tertiary alicyclic amines) is 1. The van der Waals surface area contributed by atoms with Crippen molar-refractivity contribution >= 4 is 40.1 Å². The lowest BCUT2D eigenvalue weighted by Gasteiger charge is -2.24. The molecule has 1 aliphatic heterocycles. The maximum absolute atomic E-state index is 14.4. The Morgan fingerprint density at radius 1 is 1.12 bits per heavy atom. The SMILES string of the molecule is CC(=O)c1nn(CC(=O)N2C[C@H](F)C[C@H]2C(=O)NCc2cccc(Cl)c2F)c2ccc(-c3cnc(C)nc3)cc12. The van der Waals surface area contributed by atoms with E-state index in [0.717, 1.165) is 16.0 Å². The van der Waals surface area contributed by atoms with Gasteiger partial charge in [-0.3, -0.25) is 19.1 Å². The maximum atomic E-state index is 14.4. The molecule has 2 atom stereocenters. The van der Waals surface area contributed by atoms with E-state index in [2.05, 4.69) is 20.4 Å². The Kier molecular flexibility index (Phi) is 7.57. The zero-order valence-electron chi connectivity index (χ0n) is 21.7. The summed E-state index contributed by atoms with van der Waals surface area (Å²) in [6.07, 6.45) is 1.77. The number of alkyl halides is 1. The van der Waals surface area contributed by atoms with Crippen molar-refractivity contribution in [2.75, 3.05) is 6.54 Å². The normalized spacial score (nSPS) is 16.9. The molecule has 4 aromatic rings. The van der Waals surface area contributed by atoms with Crippen LogP contribution in [0.5, 0.6) is 0 Å². The van der Waals surface area contributed by atoms with Crippen LogP contribution >= 0.6 is 11.6 Å². The van der Waals surface area contributed by atoms with Gasteiger partial charge in [-0.05, 0) is 30.7 Å². The maximum Gasteiger partial charge on any atom is 0.245 e. The Morgan fingerprint density at radius 3 is 2.60 bits per heavy atom. The van der Waals surface area contributed by atoms with Crippen LogP contribution in [0.15, 0.2) is 48.8 Å². The minimum Gasteiger partial charge on any atom is -0.350 e. The van der Waals surface area contributed by atoms with Crippen molar-refractivity contribution in [1.29, 1.82) is 0 Å². The van der Waals surface area contributed by atoms with Gasteiger partial charge in [-0.2, -0.15) is 5.10 Å². The minimum absolute atomic E-state index is 0.0797. The van der Waals surface area contributed by atoms with Gasteiger partial charge in [-0.1, -0.05) is 29.8 Å². The Labute approximate surface area is 233 Å². The molecule has 2 amide bonds. The van der Waals surface area contributed by atoms with Gasteiger partial charge in [0, 0.05) is 48.8 Å². The monoisotopic (exact) mass is 566 g/mol. The van der Waals surface area contributed by atoms with Gasteiger partial charge in [0.15, 0.2) is 5.78 Å². The molecule has 3 heterocycles. The van der Waals surface area contributed by atoms with E-state index in [9.17, 15) is 23.2 Å². The Bertz CT molecular complexity index is 1620. The van der Waals surface area contributed by atoms with Crippen molar-refractivity contribution in [3.8, 4) is 11.1 Å². The predicted molar refractivity (Wildman–Crippen MR) is 144 cm³/mol. The van der Waals surface area contributed by atoms with Crippen LogP contribution in [-0.2, 0) is 22.7 Å². The number of hydrogen-bond donors (Lipinski definition) is 1. The van der Waals surface area contributed by atoms with E-state index >= 15 is 0 Å². The van der Waals surface area contributed by atoms with Crippen molar-refractivity contribution in [1.82, 2.24) is 30.0 Å². The zero-order valence-corrected chi connectivity index (χ0v) is 22.5. The van der Waals surface area contributed by atoms with Crippen LogP contribution < -0.4 is 5.32 Å². The first-order valence-corrected chi connectivity index (χ1v) is 12.9. The molecule has 206 valence electrons. The third kappa shape index (κ3) is 5.42. The molecule has 0 aliphatic carbocycles. The smallest absolute Gasteiger partial charge is 0.245 e. The third-order valence-electron chi connectivity index (χ3n) is 6.84. The summed E-state index contributed by atoms with van der Waals surface area (Å²) in [6, 6.07) is 8.67. The highest BCUT2D eigenvalue weighted by molar-refractivity contribution is 6.30. The predicted octanol–water partition coefficient (Wildman–Crippen LogP) is 4.05. The van der Waals surface area contributed by atoms with Gasteiger partial charge in [0.25, 0.3) is 0 Å². The number of rotatable bonds is 7. The van der Waals surface area contributed by atoms with Crippen molar-refractivity contribution in [2.45, 2.75) is 45.6 Å². The quantitative estimate of drug-likeness (QED) is 0.338. The van der Waals surface area contributed by atoms with Crippen LogP contribution in [0.2, 0.25) is 5.02 Å². The molecule has 12 heteroatoms. The van der Waals surface area contributed by atoms with Gasteiger partial charge >= 0.3 is 0 Å². The van der Waals surface area contributed by atoms with Crippen molar-refractivity contribution < 1.29 is 23.2 Å². The molecule has 40 heavy (non-hydrogen) atoms. The second-order valence-electron chi connectivity index (χ2n) is 9.64. The fourth-order valence-corrected chi connectivity index (χ4v) is 4.99. The highest BCUT2D eigenvalue weighted by Gasteiger charge is 2.40. The number of nitrogens with one attached hydrogen (secondary N) is 1. The largest absolute Gasteiger partial charge is 0.350 e. The first-order valence-electron chi connectivity index (χ1n) is 12.6. The molecule has 2 aromatic heterocycles. The number of ketones is 1. The summed E-state index contributed by atoms with van der Waals surface area (Å²) in [5, 5.41) is 7.41. The van der Waals surface area contributed by atoms with E-state index in [4.69, 9.17) is 11.6 Å². The molecule has 0 spiro atoms. The highest BCUT2D eigenvalue weighted by atomic mass is 35.5. The van der Waals surface area contributed by atoms with E-state index in [0.29, 0.717) is 16.7 Å². The van der Waals surface area contributed by atoms with Crippen LogP contribution in [0.4, 0.5) is 8.78 Å².